The maximum atomic E-state index is 15.1. The van der Waals surface area contributed by atoms with Crippen LogP contribution in [0.3, 0.4) is 0 Å². The average molecular weight is 868 g/mol. The molecule has 3 N–H and O–H groups in total. The molecule has 4 amide bonds. The molecule has 3 heterocycles. The van der Waals surface area contributed by atoms with Crippen LogP contribution in [0.1, 0.15) is 79.6 Å². The van der Waals surface area contributed by atoms with E-state index in [4.69, 9.17) is 18.9 Å². The zero-order valence-corrected chi connectivity index (χ0v) is 35.3. The second-order valence-corrected chi connectivity index (χ2v) is 18.9. The van der Waals surface area contributed by atoms with Gasteiger partial charge in [-0.1, -0.05) is 19.1 Å². The number of nitrogens with zero attached hydrogens (tertiary/aromatic N) is 3. The highest BCUT2D eigenvalue weighted by atomic mass is 32.2. The van der Waals surface area contributed by atoms with Gasteiger partial charge in [0.1, 0.15) is 40.8 Å². The van der Waals surface area contributed by atoms with Crippen LogP contribution in [0.4, 0.5) is 18.0 Å². The summed E-state index contributed by atoms with van der Waals surface area (Å²) in [4.78, 5) is 62.2. The van der Waals surface area contributed by atoms with E-state index in [1.807, 2.05) is 0 Å². The molecule has 6 rings (SSSR count). The standard InChI is InChI=1S/C40H52F3N5O11S/c1-8-29-32(48(36(52)53)37(3,4)40(41,42)43)34(50)47-21-25(59-30-19-31(57-7)44-27-17-24(56-6)13-14-26(27)30)18-28(47)33(49)45-39(20-23(39)12-10-9-11-22(2)58-29)35(51)46-60(54,55)38(5)15-16-38/h10,12-14,17,19,22-23,25,28-29,32H,8-9,11,15-16,18,20-21H2,1-7H3,(H,45,49)(H,46,51)(H,52,53)/b12-10-/t22-,23-,25-,28+,29+,32+,39-/m1/s1. The number of hydrogen-bond acceptors (Lipinski definition) is 11. The van der Waals surface area contributed by atoms with Gasteiger partial charge in [0.25, 0.3) is 5.91 Å². The minimum atomic E-state index is -5.16. The Bertz CT molecular complexity index is 2160. The van der Waals surface area contributed by atoms with E-state index >= 15 is 4.79 Å². The van der Waals surface area contributed by atoms with Crippen molar-refractivity contribution in [1.29, 1.82) is 0 Å². The third-order valence-corrected chi connectivity index (χ3v) is 14.4. The number of methoxy groups -OCH3 is 2. The Balaban J connectivity index is 1.45. The first-order valence-electron chi connectivity index (χ1n) is 19.8. The van der Waals surface area contributed by atoms with E-state index in [0.29, 0.717) is 49.8 Å². The summed E-state index contributed by atoms with van der Waals surface area (Å²) in [7, 11) is -1.28. The molecule has 1 aromatic carbocycles. The van der Waals surface area contributed by atoms with Crippen LogP contribution in [0.5, 0.6) is 17.4 Å². The number of benzene rings is 1. The van der Waals surface area contributed by atoms with Crippen molar-refractivity contribution in [3.8, 4) is 17.4 Å². The molecular formula is C40H52F3N5O11S. The summed E-state index contributed by atoms with van der Waals surface area (Å²) < 4.78 is 95.2. The maximum Gasteiger partial charge on any atom is 0.411 e. The molecule has 1 saturated heterocycles. The zero-order chi connectivity index (χ0) is 44.2. The van der Waals surface area contributed by atoms with Crippen molar-refractivity contribution in [3.05, 3.63) is 36.4 Å². The predicted octanol–water partition coefficient (Wildman–Crippen LogP) is 4.70. The number of halogens is 3. The summed E-state index contributed by atoms with van der Waals surface area (Å²) in [5, 5.41) is 13.7. The number of pyridine rings is 1. The fraction of sp³-hybridized carbons (Fsp3) is 0.625. The highest BCUT2D eigenvalue weighted by Crippen LogP contribution is 2.48. The van der Waals surface area contributed by atoms with Crippen molar-refractivity contribution in [2.45, 2.75) is 132 Å². The Morgan fingerprint density at radius 3 is 2.45 bits per heavy atom. The summed E-state index contributed by atoms with van der Waals surface area (Å²) in [5.41, 5.74) is -4.48. The van der Waals surface area contributed by atoms with Gasteiger partial charge < -0.3 is 34.3 Å². The van der Waals surface area contributed by atoms with Crippen LogP contribution in [0, 0.1) is 5.92 Å². The van der Waals surface area contributed by atoms with Gasteiger partial charge >= 0.3 is 12.3 Å². The van der Waals surface area contributed by atoms with E-state index in [9.17, 15) is 41.1 Å². The summed E-state index contributed by atoms with van der Waals surface area (Å²) in [5.74, 6) is -2.87. The molecule has 330 valence electrons. The number of ether oxygens (including phenoxy) is 4. The lowest BCUT2D eigenvalue weighted by Gasteiger charge is -2.45. The number of sulfonamides is 1. The van der Waals surface area contributed by atoms with E-state index in [1.54, 1.807) is 44.2 Å². The second-order valence-electron chi connectivity index (χ2n) is 16.7. The highest BCUT2D eigenvalue weighted by molar-refractivity contribution is 7.91. The van der Waals surface area contributed by atoms with Gasteiger partial charge in [-0.05, 0) is 78.4 Å². The number of carboxylic acid groups (broad SMARTS) is 1. The Kier molecular flexibility index (Phi) is 12.1. The SMILES string of the molecule is CC[C@@H]1O[C@H](C)CC/C=C\[C@@H]2C[C@@]2(C(=O)NS(=O)(=O)C2(C)CC2)NC(=O)[C@@H]2C[C@@H](Oc3cc(OC)nc4cc(OC)ccc34)CN2C(=O)[C@H]1N(C(=O)O)C(C)(C)C(F)(F)F. The summed E-state index contributed by atoms with van der Waals surface area (Å²) in [6.45, 7) is 5.57. The summed E-state index contributed by atoms with van der Waals surface area (Å²) >= 11 is 0. The normalized spacial score (nSPS) is 28.9. The molecule has 1 aromatic heterocycles. The van der Waals surface area contributed by atoms with E-state index in [2.05, 4.69) is 15.0 Å². The third kappa shape index (κ3) is 8.40. The van der Waals surface area contributed by atoms with Crippen LogP contribution in [0.2, 0.25) is 0 Å². The van der Waals surface area contributed by atoms with Crippen molar-refractivity contribution in [2.75, 3.05) is 20.8 Å². The van der Waals surface area contributed by atoms with Crippen molar-refractivity contribution in [2.24, 2.45) is 5.92 Å². The monoisotopic (exact) mass is 867 g/mol. The minimum absolute atomic E-state index is 0.0132. The summed E-state index contributed by atoms with van der Waals surface area (Å²) in [6, 6.07) is 2.79. The molecule has 2 aromatic rings. The van der Waals surface area contributed by atoms with Gasteiger partial charge in [0.15, 0.2) is 0 Å². The number of rotatable bonds is 10. The van der Waals surface area contributed by atoms with Gasteiger partial charge in [-0.2, -0.15) is 13.2 Å². The number of fused-ring (bicyclic) bond motifs is 3. The molecule has 7 atom stereocenters. The van der Waals surface area contributed by atoms with E-state index < -0.39 is 98.7 Å². The molecular weight excluding hydrogens is 816 g/mol. The molecule has 0 unspecified atom stereocenters. The topological polar surface area (TPSA) is 203 Å². The predicted molar refractivity (Wildman–Crippen MR) is 210 cm³/mol. The average Bonchev–Trinajstić information content (AvgIpc) is 4.06. The largest absolute Gasteiger partial charge is 0.497 e. The molecule has 0 radical (unpaired) electrons. The number of carbonyl (C=O) groups excluding carboxylic acids is 3. The number of alkyl halides is 3. The van der Waals surface area contributed by atoms with Crippen LogP contribution in [-0.4, -0.2) is 125 Å². The molecule has 2 saturated carbocycles. The van der Waals surface area contributed by atoms with Crippen LogP contribution in [0.25, 0.3) is 10.9 Å². The van der Waals surface area contributed by atoms with Gasteiger partial charge in [0, 0.05) is 29.9 Å². The third-order valence-electron chi connectivity index (χ3n) is 12.2. The second kappa shape index (κ2) is 16.2. The van der Waals surface area contributed by atoms with E-state index in [1.165, 1.54) is 27.2 Å². The first kappa shape index (κ1) is 44.7. The lowest BCUT2D eigenvalue weighted by Crippen LogP contribution is -2.68. The lowest BCUT2D eigenvalue weighted by atomic mass is 9.95. The zero-order valence-electron chi connectivity index (χ0n) is 34.5. The van der Waals surface area contributed by atoms with Gasteiger partial charge in [-0.15, -0.1) is 0 Å². The van der Waals surface area contributed by atoms with Crippen LogP contribution < -0.4 is 24.2 Å². The minimum Gasteiger partial charge on any atom is -0.497 e. The number of nitrogens with one attached hydrogen (secondary N) is 2. The molecule has 4 aliphatic rings. The molecule has 60 heavy (non-hydrogen) atoms. The van der Waals surface area contributed by atoms with E-state index in [0.717, 1.165) is 4.90 Å². The van der Waals surface area contributed by atoms with Gasteiger partial charge in [-0.25, -0.2) is 18.2 Å². The quantitative estimate of drug-likeness (QED) is 0.279. The van der Waals surface area contributed by atoms with Gasteiger partial charge in [0.05, 0.1) is 43.2 Å². The fourth-order valence-corrected chi connectivity index (χ4v) is 9.21. The maximum absolute atomic E-state index is 15.1. The van der Waals surface area contributed by atoms with E-state index in [-0.39, 0.29) is 42.2 Å². The van der Waals surface area contributed by atoms with Crippen molar-refractivity contribution in [3.63, 3.8) is 0 Å². The Hall–Kier alpha value is -4.85. The number of allylic oxidation sites excluding steroid dienone is 1. The number of amides is 4. The smallest absolute Gasteiger partial charge is 0.411 e. The molecule has 2 aliphatic carbocycles. The molecule has 3 fully saturated rings. The molecule has 20 heteroatoms. The molecule has 0 bridgehead atoms. The summed E-state index contributed by atoms with van der Waals surface area (Å²) in [6.07, 6.45) is -5.99. The first-order chi connectivity index (χ1) is 28.0. The molecule has 2 aliphatic heterocycles. The van der Waals surface area contributed by atoms with Gasteiger partial charge in [-0.3, -0.25) is 24.0 Å². The highest BCUT2D eigenvalue weighted by Gasteiger charge is 2.64. The lowest BCUT2D eigenvalue weighted by molar-refractivity contribution is -0.226. The Labute approximate surface area is 346 Å². The number of aromatic nitrogens is 1. The Morgan fingerprint density at radius 2 is 1.85 bits per heavy atom. The van der Waals surface area contributed by atoms with Crippen molar-refractivity contribution in [1.82, 2.24) is 24.8 Å². The van der Waals surface area contributed by atoms with Crippen LogP contribution >= 0.6 is 0 Å². The Morgan fingerprint density at radius 1 is 1.15 bits per heavy atom. The van der Waals surface area contributed by atoms with Crippen LogP contribution in [0.15, 0.2) is 36.4 Å². The molecule has 16 nitrogen and oxygen atoms in total. The molecule has 0 spiro atoms. The first-order valence-corrected chi connectivity index (χ1v) is 21.3. The van der Waals surface area contributed by atoms with Crippen molar-refractivity contribution >= 4 is 44.7 Å². The fourth-order valence-electron chi connectivity index (χ4n) is 7.90. The number of carbonyl (C=O) groups is 4. The van der Waals surface area contributed by atoms with Crippen molar-refractivity contribution < 1.29 is 64.8 Å². The van der Waals surface area contributed by atoms with Crippen LogP contribution in [-0.2, 0) is 29.1 Å². The van der Waals surface area contributed by atoms with Gasteiger partial charge in [0.2, 0.25) is 27.7 Å². The number of hydrogen-bond donors (Lipinski definition) is 3.